The Kier molecular flexibility index (Phi) is 4.04. The first-order valence-corrected chi connectivity index (χ1v) is 2.66. The predicted molar refractivity (Wildman–Crippen MR) is 30.2 cm³/mol. The van der Waals surface area contributed by atoms with E-state index in [1.54, 1.807) is 6.92 Å². The molecule has 2 heteroatoms. The normalized spacial score (nSPS) is 14.1. The topological polar surface area (TPSA) is 32.3 Å². The monoisotopic (exact) mass is 103 g/mol. The van der Waals surface area contributed by atoms with Gasteiger partial charge in [-0.2, -0.15) is 0 Å². The Hall–Kier alpha value is -0.0800. The molecule has 0 saturated carbocycles. The number of rotatable bonds is 3. The van der Waals surface area contributed by atoms with Crippen LogP contribution >= 0.6 is 0 Å². The summed E-state index contributed by atoms with van der Waals surface area (Å²) in [5.41, 5.74) is 0. The minimum Gasteiger partial charge on any atom is -0.392 e. The highest BCUT2D eigenvalue weighted by Crippen LogP contribution is 1.71. The van der Waals surface area contributed by atoms with Crippen LogP contribution in [0.5, 0.6) is 0 Å². The molecule has 44 valence electrons. The predicted octanol–water partition coefficient (Wildman–Crippen LogP) is -0.0233. The van der Waals surface area contributed by atoms with Crippen molar-refractivity contribution in [1.29, 1.82) is 0 Å². The summed E-state index contributed by atoms with van der Waals surface area (Å²) in [7, 11) is 0. The van der Waals surface area contributed by atoms with Gasteiger partial charge in [0.05, 0.1) is 6.10 Å². The van der Waals surface area contributed by atoms with Crippen LogP contribution in [0.3, 0.4) is 0 Å². The number of nitrogens with one attached hydrogen (secondary N) is 1. The van der Waals surface area contributed by atoms with Crippen LogP contribution in [0, 0.1) is 0 Å². The lowest BCUT2D eigenvalue weighted by molar-refractivity contribution is 0.192. The molecule has 0 aromatic carbocycles. The summed E-state index contributed by atoms with van der Waals surface area (Å²) in [6, 6.07) is 0. The average Bonchev–Trinajstić information content (AvgIpc) is 1.61. The molecule has 2 N–H and O–H groups in total. The minimum atomic E-state index is -0.208. The van der Waals surface area contributed by atoms with Crippen LogP contribution in [-0.4, -0.2) is 24.3 Å². The van der Waals surface area contributed by atoms with Crippen LogP contribution in [0.25, 0.3) is 0 Å². The summed E-state index contributed by atoms with van der Waals surface area (Å²) in [6.45, 7) is 5.42. The van der Waals surface area contributed by atoms with Crippen LogP contribution in [-0.2, 0) is 0 Å². The summed E-state index contributed by atoms with van der Waals surface area (Å²) in [4.78, 5) is 0. The lowest BCUT2D eigenvalue weighted by atomic mass is 10.4. The number of hydrogen-bond acceptors (Lipinski definition) is 2. The van der Waals surface area contributed by atoms with Crippen molar-refractivity contribution in [3.63, 3.8) is 0 Å². The molecular weight excluding hydrogens is 90.1 g/mol. The molecular formula is C5H13NO. The Labute approximate surface area is 44.5 Å². The lowest BCUT2D eigenvalue weighted by Crippen LogP contribution is -2.23. The van der Waals surface area contributed by atoms with Crippen LogP contribution in [0.2, 0.25) is 0 Å². The van der Waals surface area contributed by atoms with Crippen LogP contribution in [0.15, 0.2) is 0 Å². The van der Waals surface area contributed by atoms with Crippen LogP contribution in [0.1, 0.15) is 13.8 Å². The maximum Gasteiger partial charge on any atom is 0.0636 e. The van der Waals surface area contributed by atoms with Gasteiger partial charge in [-0.05, 0) is 13.5 Å². The van der Waals surface area contributed by atoms with Crippen molar-refractivity contribution in [2.45, 2.75) is 20.0 Å². The molecule has 0 radical (unpaired) electrons. The fourth-order valence-electron chi connectivity index (χ4n) is 0.353. The first-order valence-electron chi connectivity index (χ1n) is 2.66. The van der Waals surface area contributed by atoms with E-state index < -0.39 is 0 Å². The summed E-state index contributed by atoms with van der Waals surface area (Å²) in [5.74, 6) is 0. The first-order chi connectivity index (χ1) is 3.27. The average molecular weight is 103 g/mol. The summed E-state index contributed by atoms with van der Waals surface area (Å²) in [6.07, 6.45) is -0.208. The highest BCUT2D eigenvalue weighted by Gasteiger charge is 1.88. The lowest BCUT2D eigenvalue weighted by Gasteiger charge is -2.01. The van der Waals surface area contributed by atoms with Gasteiger partial charge in [0.1, 0.15) is 0 Å². The molecule has 0 amide bonds. The van der Waals surface area contributed by atoms with Gasteiger partial charge in [0, 0.05) is 6.54 Å². The SMILES string of the molecule is CCNC[C@@H](C)O. The second-order valence-electron chi connectivity index (χ2n) is 1.66. The molecule has 1 atom stereocenters. The molecule has 0 bridgehead atoms. The smallest absolute Gasteiger partial charge is 0.0636 e. The number of aliphatic hydroxyl groups is 1. The van der Waals surface area contributed by atoms with Crippen molar-refractivity contribution in [3.05, 3.63) is 0 Å². The maximum atomic E-state index is 8.62. The van der Waals surface area contributed by atoms with Gasteiger partial charge in [0.15, 0.2) is 0 Å². The molecule has 2 nitrogen and oxygen atoms in total. The minimum absolute atomic E-state index is 0.208. The molecule has 7 heavy (non-hydrogen) atoms. The number of hydrogen-bond donors (Lipinski definition) is 2. The molecule has 0 unspecified atom stereocenters. The molecule has 0 spiro atoms. The standard InChI is InChI=1S/C5H13NO/c1-3-6-4-5(2)7/h5-7H,3-4H2,1-2H3/t5-/m1/s1. The third-order valence-electron chi connectivity index (χ3n) is 0.690. The maximum absolute atomic E-state index is 8.62. The van der Waals surface area contributed by atoms with Crippen molar-refractivity contribution in [2.24, 2.45) is 0 Å². The second kappa shape index (κ2) is 4.09. The highest BCUT2D eigenvalue weighted by molar-refractivity contribution is 4.48. The summed E-state index contributed by atoms with van der Waals surface area (Å²) < 4.78 is 0. The van der Waals surface area contributed by atoms with Gasteiger partial charge in [-0.3, -0.25) is 0 Å². The van der Waals surface area contributed by atoms with Gasteiger partial charge in [0.25, 0.3) is 0 Å². The van der Waals surface area contributed by atoms with E-state index in [0.717, 1.165) is 6.54 Å². The van der Waals surface area contributed by atoms with E-state index in [1.807, 2.05) is 6.92 Å². The largest absolute Gasteiger partial charge is 0.392 e. The van der Waals surface area contributed by atoms with E-state index in [2.05, 4.69) is 5.32 Å². The fourth-order valence-corrected chi connectivity index (χ4v) is 0.353. The van der Waals surface area contributed by atoms with Crippen LogP contribution < -0.4 is 5.32 Å². The Bertz CT molecular complexity index is 37.1. The Morgan fingerprint density at radius 1 is 1.71 bits per heavy atom. The number of likely N-dealkylation sites (N-methyl/N-ethyl adjacent to an activating group) is 1. The molecule has 0 aromatic rings. The van der Waals surface area contributed by atoms with E-state index in [-0.39, 0.29) is 6.10 Å². The van der Waals surface area contributed by atoms with E-state index >= 15 is 0 Å². The summed E-state index contributed by atoms with van der Waals surface area (Å²) >= 11 is 0. The molecule has 0 saturated heterocycles. The van der Waals surface area contributed by atoms with Gasteiger partial charge in [0.2, 0.25) is 0 Å². The highest BCUT2D eigenvalue weighted by atomic mass is 16.3. The van der Waals surface area contributed by atoms with E-state index in [1.165, 1.54) is 0 Å². The molecule has 0 heterocycles. The molecule has 0 aliphatic carbocycles. The first kappa shape index (κ1) is 6.92. The zero-order chi connectivity index (χ0) is 5.70. The zero-order valence-corrected chi connectivity index (χ0v) is 4.94. The van der Waals surface area contributed by atoms with Crippen molar-refractivity contribution in [2.75, 3.05) is 13.1 Å². The Balaban J connectivity index is 2.68. The van der Waals surface area contributed by atoms with Gasteiger partial charge in [-0.15, -0.1) is 0 Å². The summed E-state index contributed by atoms with van der Waals surface area (Å²) in [5, 5.41) is 11.6. The molecule has 0 fully saturated rings. The van der Waals surface area contributed by atoms with Gasteiger partial charge >= 0.3 is 0 Å². The van der Waals surface area contributed by atoms with Gasteiger partial charge in [-0.25, -0.2) is 0 Å². The van der Waals surface area contributed by atoms with E-state index in [0.29, 0.717) is 6.54 Å². The molecule has 0 aliphatic rings. The van der Waals surface area contributed by atoms with Crippen molar-refractivity contribution < 1.29 is 5.11 Å². The van der Waals surface area contributed by atoms with Crippen molar-refractivity contribution in [1.82, 2.24) is 5.32 Å². The van der Waals surface area contributed by atoms with E-state index in [9.17, 15) is 0 Å². The van der Waals surface area contributed by atoms with Gasteiger partial charge < -0.3 is 10.4 Å². The molecule has 0 aliphatic heterocycles. The number of aliphatic hydroxyl groups excluding tert-OH is 1. The van der Waals surface area contributed by atoms with E-state index in [4.69, 9.17) is 5.11 Å². The van der Waals surface area contributed by atoms with Crippen LogP contribution in [0.4, 0.5) is 0 Å². The third-order valence-corrected chi connectivity index (χ3v) is 0.690. The molecule has 0 rings (SSSR count). The third kappa shape index (κ3) is 5.92. The molecule has 0 aromatic heterocycles. The second-order valence-corrected chi connectivity index (χ2v) is 1.66. The Morgan fingerprint density at radius 3 is 2.43 bits per heavy atom. The fraction of sp³-hybridized carbons (Fsp3) is 1.00. The zero-order valence-electron chi connectivity index (χ0n) is 4.94. The Morgan fingerprint density at radius 2 is 2.29 bits per heavy atom. The van der Waals surface area contributed by atoms with Gasteiger partial charge in [-0.1, -0.05) is 6.92 Å². The van der Waals surface area contributed by atoms with Crippen molar-refractivity contribution >= 4 is 0 Å². The quantitative estimate of drug-likeness (QED) is 0.526. The van der Waals surface area contributed by atoms with Crippen molar-refractivity contribution in [3.8, 4) is 0 Å².